The standard InChI is InChI=1S/C14H18F3N3OS/c1-9(18)10-4-7-20(8-5-10)13(21)11-3-2-6-19-12(11)22-14(15,16)17/h2-3,6,9-10H,4-5,7-8,18H2,1H3. The zero-order valence-corrected chi connectivity index (χ0v) is 13.0. The van der Waals surface area contributed by atoms with Crippen LogP contribution >= 0.6 is 11.8 Å². The highest BCUT2D eigenvalue weighted by Crippen LogP contribution is 2.37. The van der Waals surface area contributed by atoms with E-state index >= 15 is 0 Å². The first-order valence-corrected chi connectivity index (χ1v) is 7.85. The Hall–Kier alpha value is -1.28. The second-order valence-electron chi connectivity index (χ2n) is 5.39. The minimum absolute atomic E-state index is 0.00377. The fourth-order valence-corrected chi connectivity index (χ4v) is 3.14. The Bertz CT molecular complexity index is 528. The Labute approximate surface area is 131 Å². The van der Waals surface area contributed by atoms with Crippen molar-refractivity contribution in [2.24, 2.45) is 11.7 Å². The van der Waals surface area contributed by atoms with E-state index in [4.69, 9.17) is 5.73 Å². The number of hydrogen-bond acceptors (Lipinski definition) is 4. The molecule has 2 rings (SSSR count). The van der Waals surface area contributed by atoms with E-state index in [9.17, 15) is 18.0 Å². The van der Waals surface area contributed by atoms with Crippen molar-refractivity contribution in [1.29, 1.82) is 0 Å². The molecule has 0 aliphatic carbocycles. The molecule has 1 aromatic heterocycles. The van der Waals surface area contributed by atoms with Crippen LogP contribution < -0.4 is 5.73 Å². The molecule has 1 aromatic rings. The number of carbonyl (C=O) groups excluding carboxylic acids is 1. The Morgan fingerprint density at radius 2 is 2.09 bits per heavy atom. The lowest BCUT2D eigenvalue weighted by Gasteiger charge is -2.34. The highest BCUT2D eigenvalue weighted by atomic mass is 32.2. The number of pyridine rings is 1. The van der Waals surface area contributed by atoms with Crippen LogP contribution in [-0.4, -0.2) is 40.4 Å². The van der Waals surface area contributed by atoms with Gasteiger partial charge in [-0.1, -0.05) is 0 Å². The van der Waals surface area contributed by atoms with E-state index in [0.29, 0.717) is 19.0 Å². The summed E-state index contributed by atoms with van der Waals surface area (Å²) in [5.74, 6) is -0.0510. The number of rotatable bonds is 3. The minimum atomic E-state index is -4.47. The van der Waals surface area contributed by atoms with Crippen molar-refractivity contribution < 1.29 is 18.0 Å². The van der Waals surface area contributed by atoms with Crippen LogP contribution in [0.3, 0.4) is 0 Å². The zero-order chi connectivity index (χ0) is 16.3. The summed E-state index contributed by atoms with van der Waals surface area (Å²) in [5, 5.41) is -0.297. The number of carbonyl (C=O) groups is 1. The Kier molecular flexibility index (Phi) is 5.33. The molecule has 2 heterocycles. The molecular weight excluding hydrogens is 315 g/mol. The number of thioether (sulfide) groups is 1. The molecule has 0 bridgehead atoms. The van der Waals surface area contributed by atoms with Crippen LogP contribution in [0.2, 0.25) is 0 Å². The number of amides is 1. The fraction of sp³-hybridized carbons (Fsp3) is 0.571. The molecule has 1 amide bonds. The first kappa shape index (κ1) is 17.1. The topological polar surface area (TPSA) is 59.2 Å². The van der Waals surface area contributed by atoms with Crippen molar-refractivity contribution in [3.8, 4) is 0 Å². The van der Waals surface area contributed by atoms with Gasteiger partial charge in [-0.3, -0.25) is 4.79 Å². The number of aromatic nitrogens is 1. The molecule has 0 spiro atoms. The largest absolute Gasteiger partial charge is 0.447 e. The summed E-state index contributed by atoms with van der Waals surface area (Å²) in [6, 6.07) is 2.93. The summed E-state index contributed by atoms with van der Waals surface area (Å²) in [6.45, 7) is 2.95. The van der Waals surface area contributed by atoms with Crippen LogP contribution in [-0.2, 0) is 0 Å². The molecule has 2 N–H and O–H groups in total. The first-order valence-electron chi connectivity index (χ1n) is 7.03. The van der Waals surface area contributed by atoms with Crippen LogP contribution in [0.1, 0.15) is 30.1 Å². The molecule has 8 heteroatoms. The summed E-state index contributed by atoms with van der Waals surface area (Å²) in [7, 11) is 0. The van der Waals surface area contributed by atoms with E-state index in [1.807, 2.05) is 6.92 Å². The van der Waals surface area contributed by atoms with Gasteiger partial charge >= 0.3 is 5.51 Å². The summed E-state index contributed by atoms with van der Waals surface area (Å²) in [4.78, 5) is 17.7. The maximum absolute atomic E-state index is 12.6. The zero-order valence-electron chi connectivity index (χ0n) is 12.1. The lowest BCUT2D eigenvalue weighted by atomic mass is 9.91. The van der Waals surface area contributed by atoms with Gasteiger partial charge < -0.3 is 10.6 Å². The van der Waals surface area contributed by atoms with E-state index in [1.54, 1.807) is 4.90 Å². The van der Waals surface area contributed by atoms with Gasteiger partial charge in [-0.15, -0.1) is 0 Å². The van der Waals surface area contributed by atoms with E-state index in [2.05, 4.69) is 4.98 Å². The number of alkyl halides is 3. The molecule has 1 aliphatic rings. The van der Waals surface area contributed by atoms with Crippen molar-refractivity contribution in [3.63, 3.8) is 0 Å². The molecule has 1 fully saturated rings. The number of piperidine rings is 1. The van der Waals surface area contributed by atoms with Gasteiger partial charge in [0.05, 0.1) is 5.56 Å². The second-order valence-corrected chi connectivity index (χ2v) is 6.45. The summed E-state index contributed by atoms with van der Waals surface area (Å²) < 4.78 is 37.7. The van der Waals surface area contributed by atoms with Crippen LogP contribution in [0.15, 0.2) is 23.4 Å². The molecule has 4 nitrogen and oxygen atoms in total. The SMILES string of the molecule is CC(N)C1CCN(C(=O)c2cccnc2SC(F)(F)F)CC1. The maximum Gasteiger partial charge on any atom is 0.447 e. The average molecular weight is 333 g/mol. The van der Waals surface area contributed by atoms with Crippen LogP contribution in [0, 0.1) is 5.92 Å². The number of likely N-dealkylation sites (tertiary alicyclic amines) is 1. The second kappa shape index (κ2) is 6.87. The molecule has 1 atom stereocenters. The molecule has 0 saturated carbocycles. The molecule has 22 heavy (non-hydrogen) atoms. The van der Waals surface area contributed by atoms with Crippen LogP contribution in [0.4, 0.5) is 13.2 Å². The molecule has 0 radical (unpaired) electrons. The Morgan fingerprint density at radius 1 is 1.45 bits per heavy atom. The third-order valence-electron chi connectivity index (χ3n) is 3.78. The maximum atomic E-state index is 12.6. The molecular formula is C14H18F3N3OS. The quantitative estimate of drug-likeness (QED) is 0.864. The van der Waals surface area contributed by atoms with Crippen LogP contribution in [0.25, 0.3) is 0 Å². The average Bonchev–Trinajstić information content (AvgIpc) is 2.45. The summed E-state index contributed by atoms with van der Waals surface area (Å²) >= 11 is -0.353. The van der Waals surface area contributed by atoms with Crippen molar-refractivity contribution in [2.45, 2.75) is 36.3 Å². The predicted molar refractivity (Wildman–Crippen MR) is 78.4 cm³/mol. The molecule has 122 valence electrons. The fourth-order valence-electron chi connectivity index (χ4n) is 2.54. The minimum Gasteiger partial charge on any atom is -0.339 e. The predicted octanol–water partition coefficient (Wildman–Crippen LogP) is 2.89. The molecule has 1 saturated heterocycles. The van der Waals surface area contributed by atoms with Crippen molar-refractivity contribution >= 4 is 17.7 Å². The Morgan fingerprint density at radius 3 is 2.64 bits per heavy atom. The third kappa shape index (κ3) is 4.36. The van der Waals surface area contributed by atoms with Crippen LogP contribution in [0.5, 0.6) is 0 Å². The number of halogens is 3. The van der Waals surface area contributed by atoms with E-state index < -0.39 is 11.4 Å². The monoisotopic (exact) mass is 333 g/mol. The van der Waals surface area contributed by atoms with Gasteiger partial charge in [0, 0.05) is 37.1 Å². The Balaban J connectivity index is 2.10. The molecule has 0 aromatic carbocycles. The first-order chi connectivity index (χ1) is 10.3. The van der Waals surface area contributed by atoms with Gasteiger partial charge in [-0.25, -0.2) is 4.98 Å². The normalized spacial score (nSPS) is 18.3. The summed E-state index contributed by atoms with van der Waals surface area (Å²) in [5.41, 5.74) is 1.39. The van der Waals surface area contributed by atoms with Gasteiger partial charge in [0.2, 0.25) is 0 Å². The lowest BCUT2D eigenvalue weighted by Crippen LogP contribution is -2.42. The number of nitrogens with two attached hydrogens (primary N) is 1. The van der Waals surface area contributed by atoms with Crippen molar-refractivity contribution in [1.82, 2.24) is 9.88 Å². The summed E-state index contributed by atoms with van der Waals surface area (Å²) in [6.07, 6.45) is 2.80. The van der Waals surface area contributed by atoms with E-state index in [0.717, 1.165) is 12.8 Å². The van der Waals surface area contributed by atoms with Gasteiger partial charge in [0.15, 0.2) is 0 Å². The van der Waals surface area contributed by atoms with Gasteiger partial charge in [0.1, 0.15) is 5.03 Å². The smallest absolute Gasteiger partial charge is 0.339 e. The highest BCUT2D eigenvalue weighted by molar-refractivity contribution is 8.00. The molecule has 1 aliphatic heterocycles. The third-order valence-corrected chi connectivity index (χ3v) is 4.53. The van der Waals surface area contributed by atoms with E-state index in [1.165, 1.54) is 18.3 Å². The van der Waals surface area contributed by atoms with E-state index in [-0.39, 0.29) is 28.4 Å². The lowest BCUT2D eigenvalue weighted by molar-refractivity contribution is -0.0329. The van der Waals surface area contributed by atoms with Gasteiger partial charge in [-0.05, 0) is 37.8 Å². The van der Waals surface area contributed by atoms with Gasteiger partial charge in [-0.2, -0.15) is 13.2 Å². The van der Waals surface area contributed by atoms with Gasteiger partial charge in [0.25, 0.3) is 5.91 Å². The number of nitrogens with zero attached hydrogens (tertiary/aromatic N) is 2. The highest BCUT2D eigenvalue weighted by Gasteiger charge is 2.33. The molecule has 1 unspecified atom stereocenters. The van der Waals surface area contributed by atoms with Crippen molar-refractivity contribution in [2.75, 3.05) is 13.1 Å². The number of hydrogen-bond donors (Lipinski definition) is 1. The van der Waals surface area contributed by atoms with Crippen molar-refractivity contribution in [3.05, 3.63) is 23.9 Å².